The highest BCUT2D eigenvalue weighted by Crippen LogP contribution is 2.27. The van der Waals surface area contributed by atoms with E-state index in [4.69, 9.17) is 5.11 Å². The number of hydrogen-bond donors (Lipinski definition) is 2. The number of aliphatic carboxylic acids is 1. The molecule has 0 amide bonds. The fourth-order valence-corrected chi connectivity index (χ4v) is 1.43. The third kappa shape index (κ3) is 4.72. The van der Waals surface area contributed by atoms with Crippen LogP contribution in [0.3, 0.4) is 0 Å². The van der Waals surface area contributed by atoms with Crippen LogP contribution in [0, 0.1) is 5.92 Å². The fraction of sp³-hybridized carbons (Fsp3) is 0.545. The second kappa shape index (κ2) is 5.85. The van der Waals surface area contributed by atoms with Gasteiger partial charge < -0.3 is 10.4 Å². The first-order valence-corrected chi connectivity index (χ1v) is 5.59. The summed E-state index contributed by atoms with van der Waals surface area (Å²) in [4.78, 5) is 17.8. The molecule has 0 radical (unpaired) electrons. The number of carbonyl (C=O) groups is 1. The maximum Gasteiger partial charge on any atom is 0.433 e. The zero-order valence-electron chi connectivity index (χ0n) is 10.4. The van der Waals surface area contributed by atoms with Gasteiger partial charge in [-0.05, 0) is 18.4 Å². The number of hydrogen-bond acceptors (Lipinski definition) is 4. The number of carboxylic acid groups (broad SMARTS) is 1. The summed E-state index contributed by atoms with van der Waals surface area (Å²) in [5.41, 5.74) is -1.11. The molecule has 1 unspecified atom stereocenters. The van der Waals surface area contributed by atoms with Crippen LogP contribution in [0.4, 0.5) is 19.1 Å². The number of halogens is 3. The van der Waals surface area contributed by atoms with Gasteiger partial charge in [0.15, 0.2) is 0 Å². The van der Waals surface area contributed by atoms with Crippen LogP contribution in [0.25, 0.3) is 0 Å². The van der Waals surface area contributed by atoms with Crippen molar-refractivity contribution in [2.75, 3.05) is 5.32 Å². The van der Waals surface area contributed by atoms with Crippen LogP contribution in [0.15, 0.2) is 12.3 Å². The molecule has 0 aliphatic heterocycles. The van der Waals surface area contributed by atoms with E-state index in [1.165, 1.54) is 0 Å². The lowest BCUT2D eigenvalue weighted by atomic mass is 10.0. The number of alkyl halides is 3. The zero-order valence-corrected chi connectivity index (χ0v) is 10.4. The molecule has 0 fully saturated rings. The highest BCUT2D eigenvalue weighted by atomic mass is 19.4. The summed E-state index contributed by atoms with van der Waals surface area (Å²) in [5, 5.41) is 11.4. The molecular weight excluding hydrogens is 263 g/mol. The second-order valence-corrected chi connectivity index (χ2v) is 4.43. The van der Waals surface area contributed by atoms with E-state index in [1.807, 2.05) is 13.8 Å². The minimum atomic E-state index is -4.59. The third-order valence-corrected chi connectivity index (χ3v) is 2.25. The largest absolute Gasteiger partial charge is 0.480 e. The van der Waals surface area contributed by atoms with Gasteiger partial charge in [0.2, 0.25) is 5.95 Å². The van der Waals surface area contributed by atoms with Crippen molar-refractivity contribution in [3.8, 4) is 0 Å². The van der Waals surface area contributed by atoms with Crippen LogP contribution < -0.4 is 5.32 Å². The highest BCUT2D eigenvalue weighted by Gasteiger charge is 2.33. The van der Waals surface area contributed by atoms with E-state index in [9.17, 15) is 18.0 Å². The lowest BCUT2D eigenvalue weighted by Gasteiger charge is -2.16. The normalized spacial score (nSPS) is 13.4. The molecule has 1 rings (SSSR count). The van der Waals surface area contributed by atoms with Crippen molar-refractivity contribution < 1.29 is 23.1 Å². The van der Waals surface area contributed by atoms with Crippen LogP contribution in [0.1, 0.15) is 26.0 Å². The molecule has 0 bridgehead atoms. The average Bonchev–Trinajstić information content (AvgIpc) is 2.26. The van der Waals surface area contributed by atoms with E-state index < -0.39 is 23.9 Å². The summed E-state index contributed by atoms with van der Waals surface area (Å²) in [7, 11) is 0. The fourth-order valence-electron chi connectivity index (χ4n) is 1.43. The van der Waals surface area contributed by atoms with Gasteiger partial charge in [0.25, 0.3) is 0 Å². The molecule has 0 saturated carbocycles. The minimum Gasteiger partial charge on any atom is -0.480 e. The Hall–Kier alpha value is -1.86. The molecule has 1 atom stereocenters. The molecule has 1 heterocycles. The van der Waals surface area contributed by atoms with Gasteiger partial charge in [-0.15, -0.1) is 0 Å². The molecule has 106 valence electrons. The Morgan fingerprint density at radius 3 is 2.58 bits per heavy atom. The Morgan fingerprint density at radius 2 is 2.11 bits per heavy atom. The molecule has 5 nitrogen and oxygen atoms in total. The number of aromatic nitrogens is 2. The molecule has 0 aromatic carbocycles. The minimum absolute atomic E-state index is 0.0689. The van der Waals surface area contributed by atoms with Gasteiger partial charge in [-0.1, -0.05) is 13.8 Å². The molecule has 0 aliphatic rings. The first kappa shape index (κ1) is 15.2. The Morgan fingerprint density at radius 1 is 1.47 bits per heavy atom. The maximum absolute atomic E-state index is 12.4. The van der Waals surface area contributed by atoms with E-state index in [0.29, 0.717) is 0 Å². The predicted octanol–water partition coefficient (Wildman–Crippen LogP) is 2.41. The third-order valence-electron chi connectivity index (χ3n) is 2.25. The highest BCUT2D eigenvalue weighted by molar-refractivity contribution is 5.76. The maximum atomic E-state index is 12.4. The van der Waals surface area contributed by atoms with E-state index >= 15 is 0 Å². The SMILES string of the molecule is CC(C)CC(Nc1nccc(C(F)(F)F)n1)C(=O)O. The van der Waals surface area contributed by atoms with Gasteiger partial charge in [-0.25, -0.2) is 14.8 Å². The number of nitrogens with zero attached hydrogens (tertiary/aromatic N) is 2. The Balaban J connectivity index is 2.88. The number of nitrogens with one attached hydrogen (secondary N) is 1. The summed E-state index contributed by atoms with van der Waals surface area (Å²) in [6, 6.07) is -0.299. The van der Waals surface area contributed by atoms with Gasteiger partial charge in [0, 0.05) is 6.20 Å². The van der Waals surface area contributed by atoms with Crippen molar-refractivity contribution in [3.63, 3.8) is 0 Å². The Kier molecular flexibility index (Phi) is 4.68. The van der Waals surface area contributed by atoms with Gasteiger partial charge in [-0.2, -0.15) is 13.2 Å². The monoisotopic (exact) mass is 277 g/mol. The lowest BCUT2D eigenvalue weighted by molar-refractivity contribution is -0.141. The number of carboxylic acids is 1. The van der Waals surface area contributed by atoms with Gasteiger partial charge in [0.1, 0.15) is 11.7 Å². The van der Waals surface area contributed by atoms with Crippen molar-refractivity contribution in [2.24, 2.45) is 5.92 Å². The molecular formula is C11H14F3N3O2. The lowest BCUT2D eigenvalue weighted by Crippen LogP contribution is -2.31. The van der Waals surface area contributed by atoms with Crippen molar-refractivity contribution in [2.45, 2.75) is 32.5 Å². The van der Waals surface area contributed by atoms with Crippen LogP contribution in [0.2, 0.25) is 0 Å². The van der Waals surface area contributed by atoms with Crippen LogP contribution in [0.5, 0.6) is 0 Å². The summed E-state index contributed by atoms with van der Waals surface area (Å²) >= 11 is 0. The van der Waals surface area contributed by atoms with Gasteiger partial charge >= 0.3 is 12.1 Å². The van der Waals surface area contributed by atoms with E-state index in [2.05, 4.69) is 15.3 Å². The summed E-state index contributed by atoms with van der Waals surface area (Å²) in [6.07, 6.45) is -3.39. The van der Waals surface area contributed by atoms with Crippen LogP contribution in [-0.2, 0) is 11.0 Å². The van der Waals surface area contributed by atoms with Crippen LogP contribution >= 0.6 is 0 Å². The second-order valence-electron chi connectivity index (χ2n) is 4.43. The molecule has 2 N–H and O–H groups in total. The van der Waals surface area contributed by atoms with E-state index in [-0.39, 0.29) is 18.3 Å². The summed E-state index contributed by atoms with van der Waals surface area (Å²) in [5.74, 6) is -1.43. The Bertz CT molecular complexity index is 449. The standard InChI is InChI=1S/C11H14F3N3O2/c1-6(2)5-7(9(18)19)16-10-15-4-3-8(17-10)11(12,13)14/h3-4,6-7H,5H2,1-2H3,(H,18,19)(H,15,16,17). The van der Waals surface area contributed by atoms with Crippen molar-refractivity contribution >= 4 is 11.9 Å². The van der Waals surface area contributed by atoms with Gasteiger partial charge in [-0.3, -0.25) is 0 Å². The van der Waals surface area contributed by atoms with Crippen LogP contribution in [-0.4, -0.2) is 27.1 Å². The molecule has 19 heavy (non-hydrogen) atoms. The number of rotatable bonds is 5. The molecule has 8 heteroatoms. The predicted molar refractivity (Wildman–Crippen MR) is 61.5 cm³/mol. The zero-order chi connectivity index (χ0) is 14.6. The van der Waals surface area contributed by atoms with E-state index in [1.54, 1.807) is 0 Å². The first-order valence-electron chi connectivity index (χ1n) is 5.59. The Labute approximate surface area is 107 Å². The molecule has 1 aromatic heterocycles. The summed E-state index contributed by atoms with van der Waals surface area (Å²) < 4.78 is 37.3. The topological polar surface area (TPSA) is 75.1 Å². The van der Waals surface area contributed by atoms with Crippen molar-refractivity contribution in [1.82, 2.24) is 9.97 Å². The van der Waals surface area contributed by atoms with Crippen molar-refractivity contribution in [1.29, 1.82) is 0 Å². The first-order chi connectivity index (χ1) is 8.70. The van der Waals surface area contributed by atoms with Crippen molar-refractivity contribution in [3.05, 3.63) is 18.0 Å². The molecule has 1 aromatic rings. The van der Waals surface area contributed by atoms with Gasteiger partial charge in [0.05, 0.1) is 0 Å². The molecule has 0 aliphatic carbocycles. The van der Waals surface area contributed by atoms with E-state index in [0.717, 1.165) is 12.3 Å². The average molecular weight is 277 g/mol. The summed E-state index contributed by atoms with van der Waals surface area (Å²) in [6.45, 7) is 3.62. The molecule has 0 spiro atoms. The smallest absolute Gasteiger partial charge is 0.433 e. The number of anilines is 1. The quantitative estimate of drug-likeness (QED) is 0.864. The molecule has 0 saturated heterocycles.